The Hall–Kier alpha value is -2.38. The van der Waals surface area contributed by atoms with Crippen molar-refractivity contribution >= 4 is 19.7 Å². The molecule has 1 fully saturated rings. The summed E-state index contributed by atoms with van der Waals surface area (Å²) in [7, 11) is -1.07. The lowest BCUT2D eigenvalue weighted by atomic mass is 9.87. The van der Waals surface area contributed by atoms with E-state index in [0.717, 1.165) is 42.2 Å². The third-order valence-corrected chi connectivity index (χ3v) is 7.38. The largest absolute Gasteiger partial charge is 0.445 e. The molecular formula is C24H35N3O3Si. The monoisotopic (exact) mass is 441 g/mol. The summed E-state index contributed by atoms with van der Waals surface area (Å²) < 4.78 is 13.1. The van der Waals surface area contributed by atoms with Crippen molar-refractivity contribution in [1.29, 1.82) is 0 Å². The van der Waals surface area contributed by atoms with Crippen molar-refractivity contribution in [3.63, 3.8) is 0 Å². The van der Waals surface area contributed by atoms with E-state index in [9.17, 15) is 4.79 Å². The van der Waals surface area contributed by atoms with Crippen LogP contribution in [0.15, 0.2) is 49.3 Å². The smallest absolute Gasteiger partial charge is 0.410 e. The number of carbonyl (C=O) groups excluding carboxylic acids is 1. The predicted molar refractivity (Wildman–Crippen MR) is 126 cm³/mol. The summed E-state index contributed by atoms with van der Waals surface area (Å²) in [6.07, 6.45) is 5.41. The first-order chi connectivity index (χ1) is 14.8. The predicted octanol–water partition coefficient (Wildman–Crippen LogP) is 5.26. The van der Waals surface area contributed by atoms with Crippen LogP contribution in [0.2, 0.25) is 25.7 Å². The number of allylic oxidation sites excluding steroid dienone is 1. The minimum absolute atomic E-state index is 0.240. The molecule has 168 valence electrons. The van der Waals surface area contributed by atoms with E-state index < -0.39 is 8.07 Å². The zero-order valence-electron chi connectivity index (χ0n) is 19.0. The minimum Gasteiger partial charge on any atom is -0.445 e. The normalized spacial score (nSPS) is 15.1. The third-order valence-electron chi connectivity index (χ3n) is 5.68. The van der Waals surface area contributed by atoms with Crippen LogP contribution in [0, 0.1) is 5.92 Å². The van der Waals surface area contributed by atoms with Gasteiger partial charge in [-0.05, 0) is 35.9 Å². The molecule has 31 heavy (non-hydrogen) atoms. The number of amides is 1. The Morgan fingerprint density at radius 2 is 1.90 bits per heavy atom. The molecule has 0 unspecified atom stereocenters. The van der Waals surface area contributed by atoms with Gasteiger partial charge in [0, 0.05) is 39.5 Å². The molecule has 0 atom stereocenters. The molecule has 1 amide bonds. The molecule has 1 aromatic carbocycles. The van der Waals surface area contributed by atoms with Gasteiger partial charge in [0.15, 0.2) is 0 Å². The minimum atomic E-state index is -1.07. The van der Waals surface area contributed by atoms with E-state index in [4.69, 9.17) is 9.47 Å². The highest BCUT2D eigenvalue weighted by Crippen LogP contribution is 2.30. The van der Waals surface area contributed by atoms with Crippen molar-refractivity contribution < 1.29 is 14.3 Å². The Balaban J connectivity index is 1.40. The molecule has 0 spiro atoms. The summed E-state index contributed by atoms with van der Waals surface area (Å²) in [5, 5.41) is 4.42. The summed E-state index contributed by atoms with van der Waals surface area (Å²) in [4.78, 5) is 14.2. The Morgan fingerprint density at radius 3 is 2.58 bits per heavy atom. The second-order valence-corrected chi connectivity index (χ2v) is 15.1. The molecule has 1 aromatic heterocycles. The van der Waals surface area contributed by atoms with E-state index in [1.807, 2.05) is 47.4 Å². The molecule has 0 radical (unpaired) electrons. The van der Waals surface area contributed by atoms with Gasteiger partial charge < -0.3 is 14.4 Å². The van der Waals surface area contributed by atoms with Crippen LogP contribution in [0.4, 0.5) is 4.79 Å². The number of aromatic nitrogens is 2. The van der Waals surface area contributed by atoms with Gasteiger partial charge in [0.25, 0.3) is 0 Å². The first-order valence-electron chi connectivity index (χ1n) is 11.1. The lowest BCUT2D eigenvalue weighted by molar-refractivity contribution is 0.0785. The van der Waals surface area contributed by atoms with Crippen LogP contribution < -0.4 is 0 Å². The van der Waals surface area contributed by atoms with Gasteiger partial charge in [0.05, 0.1) is 6.20 Å². The molecule has 0 bridgehead atoms. The molecule has 0 saturated carbocycles. The topological polar surface area (TPSA) is 56.6 Å². The van der Waals surface area contributed by atoms with Gasteiger partial charge in [-0.2, -0.15) is 5.10 Å². The number of hydrogen-bond donors (Lipinski definition) is 0. The lowest BCUT2D eigenvalue weighted by Crippen LogP contribution is -2.38. The highest BCUT2D eigenvalue weighted by Gasteiger charge is 2.26. The fraction of sp³-hybridized carbons (Fsp3) is 0.500. The second-order valence-electron chi connectivity index (χ2n) is 9.44. The first-order valence-corrected chi connectivity index (χ1v) is 14.8. The molecule has 0 N–H and O–H groups in total. The number of likely N-dealkylation sites (tertiary alicyclic amines) is 1. The van der Waals surface area contributed by atoms with Crippen LogP contribution in [0.5, 0.6) is 0 Å². The summed E-state index contributed by atoms with van der Waals surface area (Å²) in [5.41, 5.74) is 3.14. The number of rotatable bonds is 9. The summed E-state index contributed by atoms with van der Waals surface area (Å²) >= 11 is 0. The third kappa shape index (κ3) is 7.36. The zero-order chi connectivity index (χ0) is 22.3. The van der Waals surface area contributed by atoms with Crippen molar-refractivity contribution in [1.82, 2.24) is 14.7 Å². The van der Waals surface area contributed by atoms with Crippen molar-refractivity contribution in [3.05, 3.63) is 60.4 Å². The number of hydrogen-bond acceptors (Lipinski definition) is 4. The van der Waals surface area contributed by atoms with Gasteiger partial charge in [-0.15, -0.1) is 0 Å². The maximum atomic E-state index is 12.4. The Labute approximate surface area is 186 Å². The first kappa shape index (κ1) is 23.3. The fourth-order valence-electron chi connectivity index (χ4n) is 3.59. The molecule has 7 heteroatoms. The highest BCUT2D eigenvalue weighted by molar-refractivity contribution is 6.76. The van der Waals surface area contributed by atoms with Crippen LogP contribution in [-0.4, -0.2) is 48.5 Å². The van der Waals surface area contributed by atoms with E-state index >= 15 is 0 Å². The van der Waals surface area contributed by atoms with Crippen molar-refractivity contribution in [2.45, 2.75) is 51.9 Å². The molecule has 0 aliphatic carbocycles. The standard InChI is InChI=1S/C24H35N3O3Si/c1-20(23-16-25-27(17-23)19-29-14-15-31(2,3)4)22-10-12-26(13-11-22)24(28)30-18-21-8-6-5-7-9-21/h5-9,16-17,22H,1,10-15,18-19H2,2-4H3. The highest BCUT2D eigenvalue weighted by atomic mass is 28.3. The molecule has 2 aromatic rings. The quantitative estimate of drug-likeness (QED) is 0.393. The van der Waals surface area contributed by atoms with E-state index in [0.29, 0.717) is 32.3 Å². The average molecular weight is 442 g/mol. The van der Waals surface area contributed by atoms with Crippen LogP contribution in [0.3, 0.4) is 0 Å². The number of nitrogens with zero attached hydrogens (tertiary/aromatic N) is 3. The van der Waals surface area contributed by atoms with Gasteiger partial charge in [-0.25, -0.2) is 9.48 Å². The van der Waals surface area contributed by atoms with E-state index in [1.54, 1.807) is 4.90 Å². The Kier molecular flexibility index (Phi) is 8.09. The molecule has 3 rings (SSSR count). The molecule has 1 saturated heterocycles. The fourth-order valence-corrected chi connectivity index (χ4v) is 4.35. The molecule has 1 aliphatic rings. The number of carbonyl (C=O) groups is 1. The zero-order valence-corrected chi connectivity index (χ0v) is 20.0. The Bertz CT molecular complexity index is 852. The maximum absolute atomic E-state index is 12.4. The lowest BCUT2D eigenvalue weighted by Gasteiger charge is -2.32. The molecule has 2 heterocycles. The van der Waals surface area contributed by atoms with Crippen molar-refractivity contribution in [2.24, 2.45) is 5.92 Å². The summed E-state index contributed by atoms with van der Waals surface area (Å²) in [6, 6.07) is 10.9. The van der Waals surface area contributed by atoms with E-state index in [1.165, 1.54) is 0 Å². The number of piperidine rings is 1. The molecular weight excluding hydrogens is 406 g/mol. The molecule has 6 nitrogen and oxygen atoms in total. The second kappa shape index (κ2) is 10.8. The van der Waals surface area contributed by atoms with Crippen LogP contribution >= 0.6 is 0 Å². The van der Waals surface area contributed by atoms with E-state index in [2.05, 4.69) is 31.3 Å². The van der Waals surface area contributed by atoms with Gasteiger partial charge in [-0.1, -0.05) is 56.6 Å². The van der Waals surface area contributed by atoms with Gasteiger partial charge in [0.1, 0.15) is 13.3 Å². The van der Waals surface area contributed by atoms with Crippen LogP contribution in [0.25, 0.3) is 5.57 Å². The van der Waals surface area contributed by atoms with Crippen molar-refractivity contribution in [2.75, 3.05) is 19.7 Å². The molecule has 1 aliphatic heterocycles. The van der Waals surface area contributed by atoms with Crippen LogP contribution in [-0.2, 0) is 22.8 Å². The van der Waals surface area contributed by atoms with Crippen LogP contribution in [0.1, 0.15) is 24.0 Å². The van der Waals surface area contributed by atoms with E-state index in [-0.39, 0.29) is 6.09 Å². The Morgan fingerprint density at radius 1 is 1.19 bits per heavy atom. The summed E-state index contributed by atoms with van der Waals surface area (Å²) in [5.74, 6) is 0.351. The van der Waals surface area contributed by atoms with Gasteiger partial charge >= 0.3 is 6.09 Å². The maximum Gasteiger partial charge on any atom is 0.410 e. The summed E-state index contributed by atoms with van der Waals surface area (Å²) in [6.45, 7) is 14.3. The average Bonchev–Trinajstić information content (AvgIpc) is 3.24. The van der Waals surface area contributed by atoms with Crippen molar-refractivity contribution in [3.8, 4) is 0 Å². The van der Waals surface area contributed by atoms with Gasteiger partial charge in [-0.3, -0.25) is 0 Å². The van der Waals surface area contributed by atoms with Gasteiger partial charge in [0.2, 0.25) is 0 Å². The number of ether oxygens (including phenoxy) is 2. The SMILES string of the molecule is C=C(c1cnn(COCC[Si](C)(C)C)c1)C1CCN(C(=O)OCc2ccccc2)CC1. The number of benzene rings is 1.